The van der Waals surface area contributed by atoms with Gasteiger partial charge in [0.15, 0.2) is 5.82 Å². The lowest BCUT2D eigenvalue weighted by Crippen LogP contribution is -2.59. The van der Waals surface area contributed by atoms with E-state index in [2.05, 4.69) is 20.6 Å². The molecule has 5 aromatic rings. The van der Waals surface area contributed by atoms with Crippen LogP contribution in [0.1, 0.15) is 50.5 Å². The first kappa shape index (κ1) is 32.7. The molecule has 0 amide bonds. The number of ether oxygens (including phenoxy) is 1. The quantitative estimate of drug-likeness (QED) is 0.224. The largest absolute Gasteiger partial charge is 0.508 e. The van der Waals surface area contributed by atoms with Crippen LogP contribution in [0.5, 0.6) is 11.8 Å². The number of alkyl halides is 1. The predicted octanol–water partition coefficient (Wildman–Crippen LogP) is 5.64. The molecule has 1 saturated carbocycles. The molecular weight excluding hydrogens is 683 g/mol. The van der Waals surface area contributed by atoms with Gasteiger partial charge in [0.1, 0.15) is 47.0 Å². The van der Waals surface area contributed by atoms with Crippen molar-refractivity contribution < 1.29 is 27.8 Å². The number of likely N-dealkylation sites (tertiary alicyclic amines) is 1. The number of hydrogen-bond donors (Lipinski definition) is 1. The number of carbonyl (C=O) groups is 1. The Labute approximate surface area is 303 Å². The van der Waals surface area contributed by atoms with Crippen molar-refractivity contribution in [3.63, 3.8) is 0 Å². The summed E-state index contributed by atoms with van der Waals surface area (Å²) < 4.78 is 55.7. The zero-order valence-electron chi connectivity index (χ0n) is 29.3. The molecule has 10 nitrogen and oxygen atoms in total. The Bertz CT molecular complexity index is 2410. The van der Waals surface area contributed by atoms with Crippen molar-refractivity contribution in [2.24, 2.45) is 7.05 Å². The summed E-state index contributed by atoms with van der Waals surface area (Å²) in [7, 11) is 1.74. The van der Waals surface area contributed by atoms with Crippen LogP contribution in [-0.2, 0) is 11.8 Å². The minimum Gasteiger partial charge on any atom is -0.508 e. The normalized spacial score (nSPS) is 26.2. The molecule has 5 fully saturated rings. The lowest BCUT2D eigenvalue weighted by atomic mass is 9.88. The number of terminal acetylenes is 1. The summed E-state index contributed by atoms with van der Waals surface area (Å²) in [5.41, 5.74) is -0.0462. The minimum atomic E-state index is -0.946. The van der Waals surface area contributed by atoms with E-state index in [0.717, 1.165) is 45.3 Å². The number of fused-ring (bicyclic) bond motifs is 7. The second kappa shape index (κ2) is 11.8. The summed E-state index contributed by atoms with van der Waals surface area (Å²) in [6, 6.07) is 5.94. The Hall–Kier alpha value is -4.93. The van der Waals surface area contributed by atoms with Crippen molar-refractivity contribution in [3.8, 4) is 35.2 Å². The number of rotatable bonds is 6. The maximum Gasteiger partial charge on any atom is 0.319 e. The molecule has 6 heterocycles. The molecule has 3 aromatic carbocycles. The third-order valence-corrected chi connectivity index (χ3v) is 12.5. The van der Waals surface area contributed by atoms with Crippen LogP contribution >= 0.6 is 0 Å². The highest BCUT2D eigenvalue weighted by Gasteiger charge is 2.50. The number of benzene rings is 3. The number of piperazine rings is 1. The fourth-order valence-corrected chi connectivity index (χ4v) is 10.1. The second-order valence-corrected chi connectivity index (χ2v) is 15.7. The number of hydrogen-bond acceptors (Lipinski definition) is 9. The summed E-state index contributed by atoms with van der Waals surface area (Å²) in [5, 5.41) is 17.4. The number of Topliss-reactive ketones (excluding diaryl/α,β-unsaturated/α-hetero) is 1. The van der Waals surface area contributed by atoms with Crippen molar-refractivity contribution in [1.29, 1.82) is 0 Å². The van der Waals surface area contributed by atoms with E-state index in [-0.39, 0.29) is 75.4 Å². The number of phenolic OH excluding ortho intramolecular Hbond substituents is 1. The molecule has 4 saturated heterocycles. The van der Waals surface area contributed by atoms with Gasteiger partial charge < -0.3 is 14.7 Å². The predicted molar refractivity (Wildman–Crippen MR) is 194 cm³/mol. The van der Waals surface area contributed by atoms with Gasteiger partial charge in [-0.25, -0.2) is 13.2 Å². The Kier molecular flexibility index (Phi) is 7.27. The van der Waals surface area contributed by atoms with Gasteiger partial charge in [-0.1, -0.05) is 12.0 Å². The molecule has 4 atom stereocenters. The van der Waals surface area contributed by atoms with Gasteiger partial charge in [-0.05, 0) is 61.4 Å². The van der Waals surface area contributed by atoms with Crippen LogP contribution in [0.3, 0.4) is 0 Å². The number of phenols is 1. The van der Waals surface area contributed by atoms with Crippen LogP contribution < -0.4 is 9.64 Å². The van der Waals surface area contributed by atoms with Crippen LogP contribution in [0, 0.1) is 24.0 Å². The van der Waals surface area contributed by atoms with E-state index in [1.807, 2.05) is 0 Å². The van der Waals surface area contributed by atoms with Gasteiger partial charge in [0, 0.05) is 86.6 Å². The molecule has 53 heavy (non-hydrogen) atoms. The molecule has 10 rings (SSSR count). The Morgan fingerprint density at radius 3 is 2.60 bits per heavy atom. The second-order valence-electron chi connectivity index (χ2n) is 15.7. The number of aromatic hydroxyl groups is 1. The molecule has 0 spiro atoms. The fraction of sp³-hybridized carbons (Fsp3) is 0.450. The van der Waals surface area contributed by atoms with Crippen LogP contribution in [0.15, 0.2) is 30.5 Å². The smallest absolute Gasteiger partial charge is 0.319 e. The van der Waals surface area contributed by atoms with E-state index in [1.54, 1.807) is 17.9 Å². The average molecular weight is 722 g/mol. The zero-order chi connectivity index (χ0) is 36.3. The highest BCUT2D eigenvalue weighted by molar-refractivity contribution is 6.18. The van der Waals surface area contributed by atoms with E-state index >= 15 is 8.78 Å². The lowest BCUT2D eigenvalue weighted by Gasteiger charge is -2.47. The summed E-state index contributed by atoms with van der Waals surface area (Å²) >= 11 is 0. The monoisotopic (exact) mass is 721 g/mol. The molecule has 272 valence electrons. The van der Waals surface area contributed by atoms with Gasteiger partial charge in [-0.15, -0.1) is 6.42 Å². The highest BCUT2D eigenvalue weighted by atomic mass is 19.1. The first-order chi connectivity index (χ1) is 25.6. The van der Waals surface area contributed by atoms with Crippen LogP contribution in [0.25, 0.3) is 43.7 Å². The molecular formula is C40H38F3N7O3. The van der Waals surface area contributed by atoms with E-state index in [9.17, 15) is 14.3 Å². The maximum absolute atomic E-state index is 17.8. The highest BCUT2D eigenvalue weighted by Crippen LogP contribution is 2.47. The Balaban J connectivity index is 1.19. The van der Waals surface area contributed by atoms with Crippen LogP contribution in [0.2, 0.25) is 0 Å². The average Bonchev–Trinajstić information content (AvgIpc) is 3.84. The summed E-state index contributed by atoms with van der Waals surface area (Å²) in [6.07, 6.45) is 11.7. The number of carbonyl (C=O) groups excluding carboxylic acids is 1. The first-order valence-electron chi connectivity index (χ1n) is 18.5. The summed E-state index contributed by atoms with van der Waals surface area (Å²) in [5.74, 6) is 1.73. The van der Waals surface area contributed by atoms with Crippen molar-refractivity contribution in [2.75, 3.05) is 37.7 Å². The molecule has 5 aliphatic rings. The zero-order valence-corrected chi connectivity index (χ0v) is 29.3. The topological polar surface area (TPSA) is 99.9 Å². The number of halogens is 3. The van der Waals surface area contributed by atoms with Crippen molar-refractivity contribution in [1.82, 2.24) is 29.5 Å². The third kappa shape index (κ3) is 4.94. The Morgan fingerprint density at radius 1 is 1.06 bits per heavy atom. The van der Waals surface area contributed by atoms with Gasteiger partial charge >= 0.3 is 6.01 Å². The molecule has 1 aliphatic carbocycles. The molecule has 2 bridgehead atoms. The lowest BCUT2D eigenvalue weighted by molar-refractivity contribution is -0.128. The van der Waals surface area contributed by atoms with Crippen molar-refractivity contribution in [3.05, 3.63) is 47.7 Å². The van der Waals surface area contributed by atoms with Crippen LogP contribution in [0.4, 0.5) is 19.0 Å². The molecule has 0 radical (unpaired) electrons. The molecule has 1 N–H and O–H groups in total. The number of anilines is 1. The van der Waals surface area contributed by atoms with E-state index in [4.69, 9.17) is 26.2 Å². The number of aromatic nitrogens is 4. The molecule has 13 heteroatoms. The van der Waals surface area contributed by atoms with Gasteiger partial charge in [0.2, 0.25) is 0 Å². The standard InChI is InChI=1S/C40H38F3N7O3/c1-3-28-31(42)8-5-21-11-26(51)14-29(32(21)28)33-35(43)37-34(30-19-47(2)46-36(30)33)38(50-23-6-7-24(50)18-48(17-23)25-12-27(52)13-25)45-39(44-37)53-20-40-9-4-10-49(40)16-22(41)15-40/h1,5,8,11,14,19,22-25,51H,4,6-7,9-10,12-13,15-18,20H2,2H3/t22-,23-,24+,40+/m1/s1. The fourth-order valence-electron chi connectivity index (χ4n) is 10.1. The summed E-state index contributed by atoms with van der Waals surface area (Å²) in [4.78, 5) is 28.6. The first-order valence-corrected chi connectivity index (χ1v) is 18.5. The van der Waals surface area contributed by atoms with E-state index < -0.39 is 23.3 Å². The van der Waals surface area contributed by atoms with Crippen molar-refractivity contribution in [2.45, 2.75) is 74.8 Å². The summed E-state index contributed by atoms with van der Waals surface area (Å²) in [6.45, 7) is 2.82. The van der Waals surface area contributed by atoms with Gasteiger partial charge in [-0.3, -0.25) is 19.3 Å². The number of nitrogens with zero attached hydrogens (tertiary/aromatic N) is 7. The van der Waals surface area contributed by atoms with Gasteiger partial charge in [-0.2, -0.15) is 15.1 Å². The Morgan fingerprint density at radius 2 is 1.85 bits per heavy atom. The van der Waals surface area contributed by atoms with Crippen molar-refractivity contribution >= 4 is 44.2 Å². The van der Waals surface area contributed by atoms with Gasteiger partial charge in [0.25, 0.3) is 0 Å². The van der Waals surface area contributed by atoms with E-state index in [1.165, 1.54) is 24.3 Å². The molecule has 0 unspecified atom stereocenters. The number of aryl methyl sites for hydroxylation is 1. The van der Waals surface area contributed by atoms with E-state index in [0.29, 0.717) is 47.8 Å². The maximum atomic E-state index is 17.8. The molecule has 2 aromatic heterocycles. The SMILES string of the molecule is C#Cc1c(F)ccc2cc(O)cc(-c3c(F)c4nc(OC[C@@]56CCCN5C[C@H](F)C6)nc(N5[C@@H]6CC[C@H]5CN(C5CC(=O)C5)C6)c4c4cn(C)nc34)c12. The number of ketones is 1. The van der Waals surface area contributed by atoms with Gasteiger partial charge in [0.05, 0.1) is 16.5 Å². The van der Waals surface area contributed by atoms with Crippen LogP contribution in [-0.4, -0.2) is 103 Å². The minimum absolute atomic E-state index is 0.00218. The third-order valence-electron chi connectivity index (χ3n) is 12.5. The molecule has 4 aliphatic heterocycles.